The molecule has 4 heteroatoms. The highest BCUT2D eigenvalue weighted by Gasteiger charge is 2.06. The predicted molar refractivity (Wildman–Crippen MR) is 91.9 cm³/mol. The first-order valence-corrected chi connectivity index (χ1v) is 8.13. The Morgan fingerprint density at radius 3 is 2.62 bits per heavy atom. The number of benzene rings is 2. The van der Waals surface area contributed by atoms with Crippen LogP contribution in [0.3, 0.4) is 0 Å². The minimum atomic E-state index is -0.232. The topological polar surface area (TPSA) is 21.3 Å². The zero-order chi connectivity index (χ0) is 15.1. The molecule has 0 aliphatic rings. The van der Waals surface area contributed by atoms with Crippen LogP contribution in [0.1, 0.15) is 24.5 Å². The van der Waals surface area contributed by atoms with Gasteiger partial charge < -0.3 is 10.1 Å². The Morgan fingerprint density at radius 2 is 1.90 bits per heavy atom. The Hall–Kier alpha value is -1.14. The Morgan fingerprint density at radius 1 is 1.14 bits per heavy atom. The standard InChI is InChI=1S/C17H19FINO/c1-2-9-20-11-14-10-15(18)5-8-17(14)21-12-13-3-6-16(19)7-4-13/h3-8,10,20H,2,9,11-12H2,1H3. The first-order valence-electron chi connectivity index (χ1n) is 7.05. The van der Waals surface area contributed by atoms with Crippen LogP contribution in [0.4, 0.5) is 4.39 Å². The van der Waals surface area contributed by atoms with E-state index in [0.717, 1.165) is 29.8 Å². The molecule has 0 fully saturated rings. The van der Waals surface area contributed by atoms with Gasteiger partial charge in [0.15, 0.2) is 0 Å². The van der Waals surface area contributed by atoms with Crippen LogP contribution >= 0.6 is 22.6 Å². The second-order valence-corrected chi connectivity index (χ2v) is 6.09. The number of ether oxygens (including phenoxy) is 1. The minimum absolute atomic E-state index is 0.232. The maximum Gasteiger partial charge on any atom is 0.124 e. The molecule has 2 nitrogen and oxygen atoms in total. The van der Waals surface area contributed by atoms with Crippen molar-refractivity contribution in [2.24, 2.45) is 0 Å². The first-order chi connectivity index (χ1) is 10.2. The molecular weight excluding hydrogens is 380 g/mol. The molecule has 0 aliphatic heterocycles. The van der Waals surface area contributed by atoms with Crippen molar-refractivity contribution in [2.75, 3.05) is 6.54 Å². The predicted octanol–water partition coefficient (Wildman–Crippen LogP) is 4.51. The molecule has 0 spiro atoms. The van der Waals surface area contributed by atoms with Gasteiger partial charge >= 0.3 is 0 Å². The normalized spacial score (nSPS) is 10.6. The van der Waals surface area contributed by atoms with Gasteiger partial charge in [-0.15, -0.1) is 0 Å². The van der Waals surface area contributed by atoms with E-state index in [1.807, 2.05) is 24.3 Å². The van der Waals surface area contributed by atoms with Crippen LogP contribution in [0.25, 0.3) is 0 Å². The molecule has 21 heavy (non-hydrogen) atoms. The first kappa shape index (κ1) is 16.2. The van der Waals surface area contributed by atoms with Gasteiger partial charge in [0.25, 0.3) is 0 Å². The summed E-state index contributed by atoms with van der Waals surface area (Å²) in [6, 6.07) is 12.9. The summed E-state index contributed by atoms with van der Waals surface area (Å²) in [5.74, 6) is 0.503. The lowest BCUT2D eigenvalue weighted by molar-refractivity contribution is 0.301. The highest BCUT2D eigenvalue weighted by atomic mass is 127. The van der Waals surface area contributed by atoms with E-state index in [-0.39, 0.29) is 5.82 Å². The van der Waals surface area contributed by atoms with Gasteiger partial charge in [-0.3, -0.25) is 0 Å². The van der Waals surface area contributed by atoms with E-state index in [9.17, 15) is 4.39 Å². The Labute approximate surface area is 138 Å². The van der Waals surface area contributed by atoms with Crippen molar-refractivity contribution < 1.29 is 9.13 Å². The van der Waals surface area contributed by atoms with Crippen LogP contribution in [0.15, 0.2) is 42.5 Å². The Kier molecular flexibility index (Phi) is 6.45. The highest BCUT2D eigenvalue weighted by Crippen LogP contribution is 2.21. The third-order valence-corrected chi connectivity index (χ3v) is 3.79. The molecule has 0 bridgehead atoms. The van der Waals surface area contributed by atoms with Crippen molar-refractivity contribution in [2.45, 2.75) is 26.5 Å². The van der Waals surface area contributed by atoms with Crippen molar-refractivity contribution in [1.29, 1.82) is 0 Å². The van der Waals surface area contributed by atoms with E-state index >= 15 is 0 Å². The van der Waals surface area contributed by atoms with E-state index in [1.54, 1.807) is 6.07 Å². The summed E-state index contributed by atoms with van der Waals surface area (Å²) in [4.78, 5) is 0. The van der Waals surface area contributed by atoms with Gasteiger partial charge in [-0.05, 0) is 71.5 Å². The molecule has 2 aromatic carbocycles. The lowest BCUT2D eigenvalue weighted by atomic mass is 10.2. The quantitative estimate of drug-likeness (QED) is 0.547. The zero-order valence-corrected chi connectivity index (χ0v) is 14.2. The number of rotatable bonds is 7. The van der Waals surface area contributed by atoms with Crippen LogP contribution < -0.4 is 10.1 Å². The van der Waals surface area contributed by atoms with Gasteiger partial charge in [-0.1, -0.05) is 19.1 Å². The molecule has 0 heterocycles. The fourth-order valence-corrected chi connectivity index (χ4v) is 2.33. The SMILES string of the molecule is CCCNCc1cc(F)ccc1OCc1ccc(I)cc1. The number of hydrogen-bond acceptors (Lipinski definition) is 2. The van der Waals surface area contributed by atoms with Gasteiger partial charge in [0, 0.05) is 15.7 Å². The average Bonchev–Trinajstić information content (AvgIpc) is 2.48. The average molecular weight is 399 g/mol. The van der Waals surface area contributed by atoms with E-state index in [0.29, 0.717) is 13.2 Å². The Bertz CT molecular complexity index is 572. The second kappa shape index (κ2) is 8.34. The fraction of sp³-hybridized carbons (Fsp3) is 0.294. The van der Waals surface area contributed by atoms with E-state index in [2.05, 4.69) is 34.8 Å². The maximum atomic E-state index is 13.4. The van der Waals surface area contributed by atoms with Crippen molar-refractivity contribution in [1.82, 2.24) is 5.32 Å². The molecule has 0 aliphatic carbocycles. The van der Waals surface area contributed by atoms with Gasteiger partial charge in [0.1, 0.15) is 18.2 Å². The van der Waals surface area contributed by atoms with E-state index in [1.165, 1.54) is 15.7 Å². The van der Waals surface area contributed by atoms with Crippen LogP contribution in [0.2, 0.25) is 0 Å². The third kappa shape index (κ3) is 5.28. The van der Waals surface area contributed by atoms with Crippen LogP contribution in [0, 0.1) is 9.39 Å². The molecule has 2 rings (SSSR count). The molecule has 0 amide bonds. The molecule has 2 aromatic rings. The molecule has 112 valence electrons. The summed E-state index contributed by atoms with van der Waals surface area (Å²) in [5, 5.41) is 3.28. The molecule has 0 unspecified atom stereocenters. The van der Waals surface area contributed by atoms with Gasteiger partial charge in [-0.25, -0.2) is 4.39 Å². The van der Waals surface area contributed by atoms with Crippen molar-refractivity contribution >= 4 is 22.6 Å². The van der Waals surface area contributed by atoms with Crippen molar-refractivity contribution in [3.63, 3.8) is 0 Å². The largest absolute Gasteiger partial charge is 0.489 e. The molecule has 0 radical (unpaired) electrons. The summed E-state index contributed by atoms with van der Waals surface area (Å²) < 4.78 is 20.4. The van der Waals surface area contributed by atoms with Crippen LogP contribution in [-0.2, 0) is 13.2 Å². The summed E-state index contributed by atoms with van der Waals surface area (Å²) in [6.45, 7) is 4.12. The molecular formula is C17H19FINO. The molecule has 0 aromatic heterocycles. The Balaban J connectivity index is 2.02. The van der Waals surface area contributed by atoms with Crippen LogP contribution in [0.5, 0.6) is 5.75 Å². The van der Waals surface area contributed by atoms with Gasteiger partial charge in [0.05, 0.1) is 0 Å². The van der Waals surface area contributed by atoms with Gasteiger partial charge in [-0.2, -0.15) is 0 Å². The minimum Gasteiger partial charge on any atom is -0.489 e. The summed E-state index contributed by atoms with van der Waals surface area (Å²) in [5.41, 5.74) is 1.96. The van der Waals surface area contributed by atoms with Crippen LogP contribution in [-0.4, -0.2) is 6.54 Å². The monoisotopic (exact) mass is 399 g/mol. The summed E-state index contributed by atoms with van der Waals surface area (Å²) in [7, 11) is 0. The lowest BCUT2D eigenvalue weighted by Gasteiger charge is -2.12. The van der Waals surface area contributed by atoms with Crippen molar-refractivity contribution in [3.05, 3.63) is 63.0 Å². The third-order valence-electron chi connectivity index (χ3n) is 3.07. The van der Waals surface area contributed by atoms with E-state index < -0.39 is 0 Å². The number of hydrogen-bond donors (Lipinski definition) is 1. The molecule has 0 atom stereocenters. The maximum absolute atomic E-state index is 13.4. The zero-order valence-electron chi connectivity index (χ0n) is 12.0. The number of nitrogens with one attached hydrogen (secondary N) is 1. The van der Waals surface area contributed by atoms with Crippen molar-refractivity contribution in [3.8, 4) is 5.75 Å². The number of halogens is 2. The fourth-order valence-electron chi connectivity index (χ4n) is 1.97. The highest BCUT2D eigenvalue weighted by molar-refractivity contribution is 14.1. The lowest BCUT2D eigenvalue weighted by Crippen LogP contribution is -2.15. The summed E-state index contributed by atoms with van der Waals surface area (Å²) >= 11 is 2.27. The second-order valence-electron chi connectivity index (χ2n) is 4.84. The van der Waals surface area contributed by atoms with Gasteiger partial charge in [0.2, 0.25) is 0 Å². The molecule has 0 saturated carbocycles. The summed E-state index contributed by atoms with van der Waals surface area (Å²) in [6.07, 6.45) is 1.05. The van der Waals surface area contributed by atoms with E-state index in [4.69, 9.17) is 4.74 Å². The smallest absolute Gasteiger partial charge is 0.124 e. The molecule has 0 saturated heterocycles. The molecule has 1 N–H and O–H groups in total.